The fourth-order valence-electron chi connectivity index (χ4n) is 2.52. The van der Waals surface area contributed by atoms with Crippen LogP contribution >= 0.6 is 0 Å². The highest BCUT2D eigenvalue weighted by molar-refractivity contribution is 5.94. The molecule has 3 rings (SSSR count). The van der Waals surface area contributed by atoms with Crippen molar-refractivity contribution < 1.29 is 18.3 Å². The maximum absolute atomic E-state index is 13.5. The van der Waals surface area contributed by atoms with Gasteiger partial charge in [0.2, 0.25) is 0 Å². The summed E-state index contributed by atoms with van der Waals surface area (Å²) in [7, 11) is 0. The predicted molar refractivity (Wildman–Crippen MR) is 90.0 cm³/mol. The van der Waals surface area contributed by atoms with Crippen molar-refractivity contribution in [3.8, 4) is 11.8 Å². The van der Waals surface area contributed by atoms with Gasteiger partial charge in [-0.2, -0.15) is 0 Å². The van der Waals surface area contributed by atoms with Crippen molar-refractivity contribution in [2.24, 2.45) is 5.92 Å². The number of ether oxygens (including phenoxy) is 1. The number of rotatable bonds is 3. The standard InChI is InChI=1S/C20H17F2NO2/c21-18-8-7-16(19(22)11-18)4-1-14-2-5-17(6-3-14)20(24)23-12-15-9-10-25-13-15/h2-3,5-8,11,15H,9-10,12-13H2,(H,23,24)/t15-/m0/s1. The van der Waals surface area contributed by atoms with E-state index < -0.39 is 11.6 Å². The zero-order valence-corrected chi connectivity index (χ0v) is 13.5. The minimum absolute atomic E-state index is 0.127. The third kappa shape index (κ3) is 4.65. The van der Waals surface area contributed by atoms with Crippen LogP contribution < -0.4 is 5.32 Å². The molecule has 0 aliphatic carbocycles. The zero-order valence-electron chi connectivity index (χ0n) is 13.5. The molecule has 2 aromatic rings. The van der Waals surface area contributed by atoms with Crippen LogP contribution in [0.4, 0.5) is 8.78 Å². The van der Waals surface area contributed by atoms with Crippen molar-refractivity contribution in [3.05, 3.63) is 70.8 Å². The molecule has 1 fully saturated rings. The Balaban J connectivity index is 1.62. The molecule has 3 nitrogen and oxygen atoms in total. The number of amides is 1. The van der Waals surface area contributed by atoms with Crippen LogP contribution in [-0.4, -0.2) is 25.7 Å². The van der Waals surface area contributed by atoms with Gasteiger partial charge in [-0.25, -0.2) is 8.78 Å². The molecule has 0 unspecified atom stereocenters. The van der Waals surface area contributed by atoms with Gasteiger partial charge >= 0.3 is 0 Å². The van der Waals surface area contributed by atoms with Gasteiger partial charge in [0.05, 0.1) is 12.2 Å². The summed E-state index contributed by atoms with van der Waals surface area (Å²) in [5.41, 5.74) is 1.31. The van der Waals surface area contributed by atoms with Gasteiger partial charge in [-0.15, -0.1) is 0 Å². The van der Waals surface area contributed by atoms with E-state index in [0.29, 0.717) is 30.2 Å². The Kier molecular flexibility index (Phi) is 5.42. The fourth-order valence-corrected chi connectivity index (χ4v) is 2.52. The average molecular weight is 341 g/mol. The Bertz CT molecular complexity index is 816. The maximum atomic E-state index is 13.5. The van der Waals surface area contributed by atoms with Crippen LogP contribution in [0.5, 0.6) is 0 Å². The van der Waals surface area contributed by atoms with Gasteiger partial charge in [0.15, 0.2) is 0 Å². The van der Waals surface area contributed by atoms with Crippen molar-refractivity contribution in [1.82, 2.24) is 5.32 Å². The van der Waals surface area contributed by atoms with Crippen LogP contribution in [-0.2, 0) is 4.74 Å². The van der Waals surface area contributed by atoms with Gasteiger partial charge < -0.3 is 10.1 Å². The Morgan fingerprint density at radius 1 is 1.16 bits per heavy atom. The molecule has 25 heavy (non-hydrogen) atoms. The Morgan fingerprint density at radius 2 is 1.96 bits per heavy atom. The number of carbonyl (C=O) groups excluding carboxylic acids is 1. The van der Waals surface area contributed by atoms with E-state index in [-0.39, 0.29) is 11.5 Å². The van der Waals surface area contributed by atoms with Gasteiger partial charge in [-0.05, 0) is 42.8 Å². The largest absolute Gasteiger partial charge is 0.381 e. The van der Waals surface area contributed by atoms with Crippen LogP contribution in [0.15, 0.2) is 42.5 Å². The summed E-state index contributed by atoms with van der Waals surface area (Å²) >= 11 is 0. The number of halogens is 2. The highest BCUT2D eigenvalue weighted by Crippen LogP contribution is 2.12. The van der Waals surface area contributed by atoms with Crippen LogP contribution in [0, 0.1) is 29.4 Å². The summed E-state index contributed by atoms with van der Waals surface area (Å²) in [6.45, 7) is 2.04. The first kappa shape index (κ1) is 17.1. The molecule has 0 saturated carbocycles. The van der Waals surface area contributed by atoms with Crippen molar-refractivity contribution in [2.45, 2.75) is 6.42 Å². The van der Waals surface area contributed by atoms with Gasteiger partial charge in [0.25, 0.3) is 5.91 Å². The Morgan fingerprint density at radius 3 is 2.64 bits per heavy atom. The van der Waals surface area contributed by atoms with E-state index in [0.717, 1.165) is 25.2 Å². The number of nitrogens with one attached hydrogen (secondary N) is 1. The molecule has 1 aliphatic rings. The first-order chi connectivity index (χ1) is 12.1. The highest BCUT2D eigenvalue weighted by Gasteiger charge is 2.16. The third-order valence-corrected chi connectivity index (χ3v) is 4.00. The van der Waals surface area contributed by atoms with Crippen molar-refractivity contribution in [1.29, 1.82) is 0 Å². The van der Waals surface area contributed by atoms with Gasteiger partial charge in [-0.3, -0.25) is 4.79 Å². The van der Waals surface area contributed by atoms with Crippen molar-refractivity contribution >= 4 is 5.91 Å². The second kappa shape index (κ2) is 7.91. The second-order valence-electron chi connectivity index (χ2n) is 5.89. The molecular formula is C20H17F2NO2. The Hall–Kier alpha value is -2.71. The maximum Gasteiger partial charge on any atom is 0.251 e. The van der Waals surface area contributed by atoms with E-state index in [2.05, 4.69) is 17.2 Å². The first-order valence-electron chi connectivity index (χ1n) is 8.05. The molecule has 1 saturated heterocycles. The molecule has 128 valence electrons. The second-order valence-corrected chi connectivity index (χ2v) is 5.89. The van der Waals surface area contributed by atoms with Crippen LogP contribution in [0.25, 0.3) is 0 Å². The topological polar surface area (TPSA) is 38.3 Å². The minimum atomic E-state index is -0.695. The smallest absolute Gasteiger partial charge is 0.251 e. The van der Waals surface area contributed by atoms with Crippen LogP contribution in [0.2, 0.25) is 0 Å². The number of carbonyl (C=O) groups is 1. The molecule has 1 heterocycles. The van der Waals surface area contributed by atoms with Crippen molar-refractivity contribution in [2.75, 3.05) is 19.8 Å². The molecular weight excluding hydrogens is 324 g/mol. The number of hydrogen-bond acceptors (Lipinski definition) is 2. The van der Waals surface area contributed by atoms with Gasteiger partial charge in [0, 0.05) is 36.3 Å². The van der Waals surface area contributed by atoms with E-state index in [1.165, 1.54) is 6.07 Å². The molecule has 1 aliphatic heterocycles. The predicted octanol–water partition coefficient (Wildman–Crippen LogP) is 3.13. The molecule has 0 bridgehead atoms. The first-order valence-corrected chi connectivity index (χ1v) is 8.05. The molecule has 1 amide bonds. The lowest BCUT2D eigenvalue weighted by atomic mass is 10.1. The van der Waals surface area contributed by atoms with E-state index in [9.17, 15) is 13.6 Å². The normalized spacial score (nSPS) is 16.2. The lowest BCUT2D eigenvalue weighted by Gasteiger charge is -2.09. The summed E-state index contributed by atoms with van der Waals surface area (Å²) in [6, 6.07) is 10.00. The zero-order chi connectivity index (χ0) is 17.6. The molecule has 0 spiro atoms. The lowest BCUT2D eigenvalue weighted by Crippen LogP contribution is -2.29. The molecule has 0 aromatic heterocycles. The molecule has 1 N–H and O–H groups in total. The highest BCUT2D eigenvalue weighted by atomic mass is 19.1. The molecule has 5 heteroatoms. The van der Waals surface area contributed by atoms with E-state index >= 15 is 0 Å². The third-order valence-electron chi connectivity index (χ3n) is 4.00. The van der Waals surface area contributed by atoms with E-state index in [1.807, 2.05) is 0 Å². The van der Waals surface area contributed by atoms with Crippen LogP contribution in [0.1, 0.15) is 27.9 Å². The Labute approximate surface area is 145 Å². The summed E-state index contributed by atoms with van der Waals surface area (Å²) in [6.07, 6.45) is 0.967. The minimum Gasteiger partial charge on any atom is -0.381 e. The molecule has 0 radical (unpaired) electrons. The monoisotopic (exact) mass is 341 g/mol. The quantitative estimate of drug-likeness (QED) is 0.871. The van der Waals surface area contributed by atoms with Crippen molar-refractivity contribution in [3.63, 3.8) is 0 Å². The fraction of sp³-hybridized carbons (Fsp3) is 0.250. The van der Waals surface area contributed by atoms with Gasteiger partial charge in [0.1, 0.15) is 11.6 Å². The van der Waals surface area contributed by atoms with Crippen LogP contribution in [0.3, 0.4) is 0 Å². The summed E-state index contributed by atoms with van der Waals surface area (Å²) < 4.78 is 31.7. The molecule has 1 atom stereocenters. The summed E-state index contributed by atoms with van der Waals surface area (Å²) in [5.74, 6) is 4.37. The summed E-state index contributed by atoms with van der Waals surface area (Å²) in [5, 5.41) is 2.89. The van der Waals surface area contributed by atoms with Gasteiger partial charge in [-0.1, -0.05) is 11.8 Å². The number of benzene rings is 2. The SMILES string of the molecule is O=C(NC[C@@H]1CCOC1)c1ccc(C#Cc2ccc(F)cc2F)cc1. The number of hydrogen-bond donors (Lipinski definition) is 1. The average Bonchev–Trinajstić information content (AvgIpc) is 3.13. The summed E-state index contributed by atoms with van der Waals surface area (Å²) in [4.78, 5) is 12.1. The van der Waals surface area contributed by atoms with E-state index in [4.69, 9.17) is 4.74 Å². The molecule has 2 aromatic carbocycles. The van der Waals surface area contributed by atoms with E-state index in [1.54, 1.807) is 24.3 Å². The lowest BCUT2D eigenvalue weighted by molar-refractivity contribution is 0.0945.